The van der Waals surface area contributed by atoms with Crippen LogP contribution in [0.15, 0.2) is 22.8 Å². The summed E-state index contributed by atoms with van der Waals surface area (Å²) in [5, 5.41) is 12.0. The standard InChI is InChI=1S/C10H15BrN2O/c1-8(5-6-14)12-7-9-3-2-4-10(11)13-9/h2-4,8,12,14H,5-7H2,1H3. The van der Waals surface area contributed by atoms with Crippen LogP contribution in [-0.2, 0) is 6.54 Å². The lowest BCUT2D eigenvalue weighted by atomic mass is 10.2. The summed E-state index contributed by atoms with van der Waals surface area (Å²) in [6.07, 6.45) is 0.772. The largest absolute Gasteiger partial charge is 0.396 e. The van der Waals surface area contributed by atoms with Gasteiger partial charge in [-0.05, 0) is 41.4 Å². The van der Waals surface area contributed by atoms with Gasteiger partial charge in [-0.25, -0.2) is 4.98 Å². The van der Waals surface area contributed by atoms with Crippen LogP contribution in [-0.4, -0.2) is 22.7 Å². The van der Waals surface area contributed by atoms with E-state index in [1.54, 1.807) is 0 Å². The zero-order valence-corrected chi connectivity index (χ0v) is 9.79. The molecule has 14 heavy (non-hydrogen) atoms. The Balaban J connectivity index is 2.37. The van der Waals surface area contributed by atoms with Gasteiger partial charge in [0, 0.05) is 19.2 Å². The van der Waals surface area contributed by atoms with Crippen molar-refractivity contribution in [3.8, 4) is 0 Å². The molecule has 78 valence electrons. The van der Waals surface area contributed by atoms with Crippen LogP contribution in [0.25, 0.3) is 0 Å². The predicted molar refractivity (Wildman–Crippen MR) is 59.9 cm³/mol. The third-order valence-electron chi connectivity index (χ3n) is 1.97. The van der Waals surface area contributed by atoms with Gasteiger partial charge < -0.3 is 10.4 Å². The molecule has 1 heterocycles. The van der Waals surface area contributed by atoms with E-state index in [1.807, 2.05) is 25.1 Å². The Bertz CT molecular complexity index is 281. The highest BCUT2D eigenvalue weighted by molar-refractivity contribution is 9.10. The van der Waals surface area contributed by atoms with E-state index in [4.69, 9.17) is 5.11 Å². The van der Waals surface area contributed by atoms with Crippen LogP contribution in [0.2, 0.25) is 0 Å². The van der Waals surface area contributed by atoms with Crippen LogP contribution in [0, 0.1) is 0 Å². The van der Waals surface area contributed by atoms with Crippen LogP contribution in [0.5, 0.6) is 0 Å². The first-order valence-corrected chi connectivity index (χ1v) is 5.47. The van der Waals surface area contributed by atoms with Crippen LogP contribution in [0.1, 0.15) is 19.0 Å². The molecule has 1 atom stereocenters. The zero-order chi connectivity index (χ0) is 10.4. The van der Waals surface area contributed by atoms with Gasteiger partial charge in [0.15, 0.2) is 0 Å². The van der Waals surface area contributed by atoms with Gasteiger partial charge in [0.2, 0.25) is 0 Å². The molecule has 0 aromatic carbocycles. The fraction of sp³-hybridized carbons (Fsp3) is 0.500. The van der Waals surface area contributed by atoms with Gasteiger partial charge in [-0.1, -0.05) is 6.07 Å². The van der Waals surface area contributed by atoms with E-state index in [2.05, 4.69) is 26.2 Å². The molecule has 0 amide bonds. The Labute approximate surface area is 92.7 Å². The molecule has 2 N–H and O–H groups in total. The Kier molecular flexibility index (Phi) is 5.07. The molecule has 0 radical (unpaired) electrons. The van der Waals surface area contributed by atoms with Crippen LogP contribution >= 0.6 is 15.9 Å². The average molecular weight is 259 g/mol. The maximum atomic E-state index is 8.71. The average Bonchev–Trinajstić information content (AvgIpc) is 2.15. The van der Waals surface area contributed by atoms with Crippen LogP contribution < -0.4 is 5.32 Å². The van der Waals surface area contributed by atoms with Crippen molar-refractivity contribution in [3.05, 3.63) is 28.5 Å². The molecule has 1 rings (SSSR count). The molecule has 4 heteroatoms. The first kappa shape index (κ1) is 11.6. The molecule has 0 aliphatic heterocycles. The number of rotatable bonds is 5. The van der Waals surface area contributed by atoms with E-state index >= 15 is 0 Å². The quantitative estimate of drug-likeness (QED) is 0.791. The van der Waals surface area contributed by atoms with Gasteiger partial charge in [0.05, 0.1) is 5.69 Å². The Hall–Kier alpha value is -0.450. The summed E-state index contributed by atoms with van der Waals surface area (Å²) >= 11 is 3.32. The lowest BCUT2D eigenvalue weighted by Gasteiger charge is -2.11. The number of nitrogens with zero attached hydrogens (tertiary/aromatic N) is 1. The summed E-state index contributed by atoms with van der Waals surface area (Å²) in [5.74, 6) is 0. The van der Waals surface area contributed by atoms with Crippen molar-refractivity contribution in [3.63, 3.8) is 0 Å². The molecular weight excluding hydrogens is 244 g/mol. The maximum absolute atomic E-state index is 8.71. The third-order valence-corrected chi connectivity index (χ3v) is 2.41. The lowest BCUT2D eigenvalue weighted by Crippen LogP contribution is -2.26. The molecule has 0 saturated carbocycles. The molecule has 1 aromatic heterocycles. The van der Waals surface area contributed by atoms with E-state index in [-0.39, 0.29) is 6.61 Å². The van der Waals surface area contributed by atoms with Crippen molar-refractivity contribution in [2.45, 2.75) is 25.9 Å². The van der Waals surface area contributed by atoms with Crippen molar-refractivity contribution >= 4 is 15.9 Å². The lowest BCUT2D eigenvalue weighted by molar-refractivity contribution is 0.268. The molecule has 0 spiro atoms. The van der Waals surface area contributed by atoms with Crippen molar-refractivity contribution in [1.82, 2.24) is 10.3 Å². The summed E-state index contributed by atoms with van der Waals surface area (Å²) < 4.78 is 0.853. The SMILES string of the molecule is CC(CCO)NCc1cccc(Br)n1. The highest BCUT2D eigenvalue weighted by Gasteiger charge is 2.01. The summed E-state index contributed by atoms with van der Waals surface area (Å²) in [6, 6.07) is 6.16. The molecule has 0 fully saturated rings. The second kappa shape index (κ2) is 6.11. The summed E-state index contributed by atoms with van der Waals surface area (Å²) in [6.45, 7) is 3.01. The molecule has 1 unspecified atom stereocenters. The van der Waals surface area contributed by atoms with Crippen LogP contribution in [0.3, 0.4) is 0 Å². The van der Waals surface area contributed by atoms with Gasteiger partial charge in [-0.15, -0.1) is 0 Å². The number of aliphatic hydroxyl groups is 1. The minimum Gasteiger partial charge on any atom is -0.396 e. The minimum absolute atomic E-state index is 0.222. The number of hydrogen-bond acceptors (Lipinski definition) is 3. The fourth-order valence-electron chi connectivity index (χ4n) is 1.12. The zero-order valence-electron chi connectivity index (χ0n) is 8.20. The Morgan fingerprint density at radius 3 is 3.00 bits per heavy atom. The van der Waals surface area contributed by atoms with Crippen molar-refractivity contribution in [1.29, 1.82) is 0 Å². The number of halogens is 1. The molecular formula is C10H15BrN2O. The second-order valence-electron chi connectivity index (χ2n) is 3.25. The van der Waals surface area contributed by atoms with E-state index in [9.17, 15) is 0 Å². The number of nitrogens with one attached hydrogen (secondary N) is 1. The fourth-order valence-corrected chi connectivity index (χ4v) is 1.50. The van der Waals surface area contributed by atoms with Crippen molar-refractivity contribution in [2.75, 3.05) is 6.61 Å². The van der Waals surface area contributed by atoms with Crippen LogP contribution in [0.4, 0.5) is 0 Å². The van der Waals surface area contributed by atoms with Gasteiger partial charge in [-0.2, -0.15) is 0 Å². The minimum atomic E-state index is 0.222. The topological polar surface area (TPSA) is 45.1 Å². The summed E-state index contributed by atoms with van der Waals surface area (Å²) in [7, 11) is 0. The first-order valence-electron chi connectivity index (χ1n) is 4.68. The molecule has 0 saturated heterocycles. The van der Waals surface area contributed by atoms with Crippen molar-refractivity contribution < 1.29 is 5.11 Å². The molecule has 0 aliphatic carbocycles. The molecule has 0 bridgehead atoms. The number of pyridine rings is 1. The summed E-state index contributed by atoms with van der Waals surface area (Å²) in [5.41, 5.74) is 1.00. The van der Waals surface area contributed by atoms with Crippen molar-refractivity contribution in [2.24, 2.45) is 0 Å². The van der Waals surface area contributed by atoms with Gasteiger partial charge >= 0.3 is 0 Å². The molecule has 3 nitrogen and oxygen atoms in total. The Morgan fingerprint density at radius 1 is 1.57 bits per heavy atom. The predicted octanol–water partition coefficient (Wildman–Crippen LogP) is 1.70. The number of aliphatic hydroxyl groups excluding tert-OH is 1. The van der Waals surface area contributed by atoms with Gasteiger partial charge in [0.1, 0.15) is 4.60 Å². The Morgan fingerprint density at radius 2 is 2.36 bits per heavy atom. The van der Waals surface area contributed by atoms with E-state index in [1.165, 1.54) is 0 Å². The smallest absolute Gasteiger partial charge is 0.106 e. The molecule has 1 aromatic rings. The van der Waals surface area contributed by atoms with E-state index in [0.29, 0.717) is 6.04 Å². The monoisotopic (exact) mass is 258 g/mol. The third kappa shape index (κ3) is 4.17. The number of aromatic nitrogens is 1. The highest BCUT2D eigenvalue weighted by Crippen LogP contribution is 2.06. The van der Waals surface area contributed by atoms with E-state index in [0.717, 1.165) is 23.3 Å². The van der Waals surface area contributed by atoms with Gasteiger partial charge in [0.25, 0.3) is 0 Å². The number of hydrogen-bond donors (Lipinski definition) is 2. The molecule has 0 aliphatic rings. The van der Waals surface area contributed by atoms with E-state index < -0.39 is 0 Å². The summed E-state index contributed by atoms with van der Waals surface area (Å²) in [4.78, 5) is 4.30. The van der Waals surface area contributed by atoms with Gasteiger partial charge in [-0.3, -0.25) is 0 Å². The normalized spacial score (nSPS) is 12.8. The highest BCUT2D eigenvalue weighted by atomic mass is 79.9. The maximum Gasteiger partial charge on any atom is 0.106 e. The second-order valence-corrected chi connectivity index (χ2v) is 4.06. The first-order chi connectivity index (χ1) is 6.72.